The molecule has 2 fully saturated rings. The van der Waals surface area contributed by atoms with Gasteiger partial charge in [-0.1, -0.05) is 0 Å². The zero-order chi connectivity index (χ0) is 8.44. The minimum Gasteiger partial charge on any atom is -0.381 e. The van der Waals surface area contributed by atoms with Crippen LogP contribution in [0.25, 0.3) is 0 Å². The SMILES string of the molecule is FC1CNCC2(CCOCC2)C1. The minimum absolute atomic E-state index is 0.218. The Bertz CT molecular complexity index is 151. The van der Waals surface area contributed by atoms with Crippen molar-refractivity contribution in [2.75, 3.05) is 26.3 Å². The Labute approximate surface area is 72.5 Å². The van der Waals surface area contributed by atoms with E-state index in [0.29, 0.717) is 6.54 Å². The molecule has 2 saturated heterocycles. The second-order valence-corrected chi connectivity index (χ2v) is 4.04. The molecule has 0 amide bonds. The summed E-state index contributed by atoms with van der Waals surface area (Å²) in [5.41, 5.74) is 0.218. The predicted octanol–water partition coefficient (Wildman–Crippen LogP) is 1.11. The van der Waals surface area contributed by atoms with Gasteiger partial charge >= 0.3 is 0 Å². The van der Waals surface area contributed by atoms with Crippen molar-refractivity contribution in [2.24, 2.45) is 5.41 Å². The van der Waals surface area contributed by atoms with Crippen LogP contribution >= 0.6 is 0 Å². The van der Waals surface area contributed by atoms with E-state index in [1.165, 1.54) is 0 Å². The topological polar surface area (TPSA) is 21.3 Å². The Balaban J connectivity index is 1.97. The molecule has 0 saturated carbocycles. The van der Waals surface area contributed by atoms with Gasteiger partial charge in [-0.25, -0.2) is 4.39 Å². The summed E-state index contributed by atoms with van der Waals surface area (Å²) in [5, 5.41) is 3.16. The fourth-order valence-electron chi connectivity index (χ4n) is 2.29. The number of piperidine rings is 1. The summed E-state index contributed by atoms with van der Waals surface area (Å²) in [6.45, 7) is 3.15. The highest BCUT2D eigenvalue weighted by Gasteiger charge is 2.37. The van der Waals surface area contributed by atoms with Gasteiger partial charge in [0.1, 0.15) is 6.17 Å². The number of alkyl halides is 1. The van der Waals surface area contributed by atoms with Gasteiger partial charge in [0, 0.05) is 26.3 Å². The lowest BCUT2D eigenvalue weighted by Gasteiger charge is -2.41. The van der Waals surface area contributed by atoms with Crippen LogP contribution < -0.4 is 5.32 Å². The van der Waals surface area contributed by atoms with Crippen LogP contribution in [0.2, 0.25) is 0 Å². The van der Waals surface area contributed by atoms with Gasteiger partial charge in [0.2, 0.25) is 0 Å². The quantitative estimate of drug-likeness (QED) is 0.592. The predicted molar refractivity (Wildman–Crippen MR) is 44.9 cm³/mol. The van der Waals surface area contributed by atoms with E-state index in [1.54, 1.807) is 0 Å². The Morgan fingerprint density at radius 3 is 2.75 bits per heavy atom. The van der Waals surface area contributed by atoms with Crippen LogP contribution in [0.3, 0.4) is 0 Å². The van der Waals surface area contributed by atoms with Crippen LogP contribution in [0.1, 0.15) is 19.3 Å². The molecule has 0 aliphatic carbocycles. The van der Waals surface area contributed by atoms with Crippen LogP contribution in [0.15, 0.2) is 0 Å². The molecule has 0 aromatic heterocycles. The third-order valence-electron chi connectivity index (χ3n) is 3.07. The fraction of sp³-hybridized carbons (Fsp3) is 1.00. The molecule has 1 atom stereocenters. The number of hydrogen-bond acceptors (Lipinski definition) is 2. The molecule has 0 bridgehead atoms. The number of hydrogen-bond donors (Lipinski definition) is 1. The van der Waals surface area contributed by atoms with Gasteiger partial charge in [-0.2, -0.15) is 0 Å². The first-order chi connectivity index (χ1) is 5.81. The lowest BCUT2D eigenvalue weighted by Crippen LogP contribution is -2.48. The molecule has 12 heavy (non-hydrogen) atoms. The van der Waals surface area contributed by atoms with Crippen LogP contribution in [-0.2, 0) is 4.74 Å². The summed E-state index contributed by atoms with van der Waals surface area (Å²) in [5.74, 6) is 0. The minimum atomic E-state index is -0.642. The van der Waals surface area contributed by atoms with Gasteiger partial charge in [0.05, 0.1) is 0 Å². The van der Waals surface area contributed by atoms with Gasteiger partial charge in [-0.05, 0) is 24.7 Å². The summed E-state index contributed by atoms with van der Waals surface area (Å²) in [6.07, 6.45) is 2.15. The summed E-state index contributed by atoms with van der Waals surface area (Å²) in [6, 6.07) is 0. The van der Waals surface area contributed by atoms with E-state index in [-0.39, 0.29) is 5.41 Å². The molecular weight excluding hydrogens is 157 g/mol. The summed E-state index contributed by atoms with van der Waals surface area (Å²) >= 11 is 0. The first-order valence-corrected chi connectivity index (χ1v) is 4.73. The van der Waals surface area contributed by atoms with Gasteiger partial charge in [-0.3, -0.25) is 0 Å². The highest BCUT2D eigenvalue weighted by molar-refractivity contribution is 4.90. The maximum absolute atomic E-state index is 13.1. The van der Waals surface area contributed by atoms with Crippen LogP contribution in [0.4, 0.5) is 4.39 Å². The van der Waals surface area contributed by atoms with E-state index in [0.717, 1.165) is 39.0 Å². The molecule has 70 valence electrons. The standard InChI is InChI=1S/C9H16FNO/c10-8-5-9(7-11-6-8)1-3-12-4-2-9/h8,11H,1-7H2. The number of halogens is 1. The maximum Gasteiger partial charge on any atom is 0.113 e. The Hall–Kier alpha value is -0.150. The van der Waals surface area contributed by atoms with Crippen molar-refractivity contribution in [1.82, 2.24) is 5.32 Å². The average Bonchev–Trinajstić information content (AvgIpc) is 2.05. The number of ether oxygens (including phenoxy) is 1. The summed E-state index contributed by atoms with van der Waals surface area (Å²) in [7, 11) is 0. The van der Waals surface area contributed by atoms with Gasteiger partial charge in [-0.15, -0.1) is 0 Å². The van der Waals surface area contributed by atoms with Gasteiger partial charge in [0.15, 0.2) is 0 Å². The second kappa shape index (κ2) is 3.30. The Kier molecular flexibility index (Phi) is 2.33. The highest BCUT2D eigenvalue weighted by Crippen LogP contribution is 2.37. The molecule has 2 aliphatic heterocycles. The van der Waals surface area contributed by atoms with E-state index in [9.17, 15) is 4.39 Å². The summed E-state index contributed by atoms with van der Waals surface area (Å²) < 4.78 is 18.4. The first kappa shape index (κ1) is 8.45. The third-order valence-corrected chi connectivity index (χ3v) is 3.07. The van der Waals surface area contributed by atoms with Crippen LogP contribution in [0, 0.1) is 5.41 Å². The molecule has 2 aliphatic rings. The van der Waals surface area contributed by atoms with Gasteiger partial charge < -0.3 is 10.1 Å². The van der Waals surface area contributed by atoms with Crippen LogP contribution in [-0.4, -0.2) is 32.5 Å². The fourth-order valence-corrected chi connectivity index (χ4v) is 2.29. The third kappa shape index (κ3) is 1.62. The zero-order valence-corrected chi connectivity index (χ0v) is 7.31. The molecule has 1 spiro atoms. The molecule has 2 rings (SSSR count). The van der Waals surface area contributed by atoms with E-state index < -0.39 is 6.17 Å². The van der Waals surface area contributed by atoms with Crippen molar-refractivity contribution in [3.63, 3.8) is 0 Å². The average molecular weight is 173 g/mol. The second-order valence-electron chi connectivity index (χ2n) is 4.04. The van der Waals surface area contributed by atoms with Crippen molar-refractivity contribution >= 4 is 0 Å². The summed E-state index contributed by atoms with van der Waals surface area (Å²) in [4.78, 5) is 0. The van der Waals surface area contributed by atoms with E-state index in [2.05, 4.69) is 5.32 Å². The van der Waals surface area contributed by atoms with Gasteiger partial charge in [0.25, 0.3) is 0 Å². The number of nitrogens with one attached hydrogen (secondary N) is 1. The monoisotopic (exact) mass is 173 g/mol. The van der Waals surface area contributed by atoms with E-state index in [4.69, 9.17) is 4.74 Å². The molecule has 3 heteroatoms. The van der Waals surface area contributed by atoms with Crippen molar-refractivity contribution in [1.29, 1.82) is 0 Å². The van der Waals surface area contributed by atoms with Crippen molar-refractivity contribution in [3.05, 3.63) is 0 Å². The molecular formula is C9H16FNO. The molecule has 2 heterocycles. The smallest absolute Gasteiger partial charge is 0.113 e. The zero-order valence-electron chi connectivity index (χ0n) is 7.31. The Morgan fingerprint density at radius 1 is 1.33 bits per heavy atom. The van der Waals surface area contributed by atoms with Crippen LogP contribution in [0.5, 0.6) is 0 Å². The highest BCUT2D eigenvalue weighted by atomic mass is 19.1. The van der Waals surface area contributed by atoms with E-state index >= 15 is 0 Å². The largest absolute Gasteiger partial charge is 0.381 e. The lowest BCUT2D eigenvalue weighted by atomic mass is 9.74. The van der Waals surface area contributed by atoms with E-state index in [1.807, 2.05) is 0 Å². The van der Waals surface area contributed by atoms with Crippen molar-refractivity contribution in [3.8, 4) is 0 Å². The maximum atomic E-state index is 13.1. The normalized spacial score (nSPS) is 35.2. The van der Waals surface area contributed by atoms with Crippen molar-refractivity contribution < 1.29 is 9.13 Å². The molecule has 0 radical (unpaired) electrons. The molecule has 2 nitrogen and oxygen atoms in total. The molecule has 1 N–H and O–H groups in total. The number of rotatable bonds is 0. The van der Waals surface area contributed by atoms with Crippen molar-refractivity contribution in [2.45, 2.75) is 25.4 Å². The lowest BCUT2D eigenvalue weighted by molar-refractivity contribution is -0.0135. The molecule has 0 aromatic rings. The molecule has 0 aromatic carbocycles. The first-order valence-electron chi connectivity index (χ1n) is 4.73. The Morgan fingerprint density at radius 2 is 2.08 bits per heavy atom. The molecule has 1 unspecified atom stereocenters.